The smallest absolute Gasteiger partial charge is 0.325 e. The van der Waals surface area contributed by atoms with Gasteiger partial charge < -0.3 is 20.1 Å². The van der Waals surface area contributed by atoms with Crippen LogP contribution in [0.4, 0.5) is 4.79 Å². The lowest BCUT2D eigenvalue weighted by Gasteiger charge is -2.13. The van der Waals surface area contributed by atoms with E-state index < -0.39 is 12.1 Å². The fourth-order valence-corrected chi connectivity index (χ4v) is 2.81. The van der Waals surface area contributed by atoms with Gasteiger partial charge in [0.25, 0.3) is 5.91 Å². The molecule has 2 aliphatic heterocycles. The number of nitrogens with zero attached hydrogens (tertiary/aromatic N) is 1. The largest absolute Gasteiger partial charge is 0.454 e. The summed E-state index contributed by atoms with van der Waals surface area (Å²) in [4.78, 5) is 37.4. The van der Waals surface area contributed by atoms with Crippen molar-refractivity contribution in [2.75, 3.05) is 6.79 Å². The molecule has 1 saturated heterocycles. The van der Waals surface area contributed by atoms with Crippen molar-refractivity contribution >= 4 is 17.8 Å². The van der Waals surface area contributed by atoms with Gasteiger partial charge in [0.1, 0.15) is 6.04 Å². The number of urea groups is 1. The number of imide groups is 1. The molecule has 2 aliphatic rings. The third-order valence-electron chi connectivity index (χ3n) is 3.99. The van der Waals surface area contributed by atoms with Crippen LogP contribution in [0.5, 0.6) is 11.5 Å². The Morgan fingerprint density at radius 1 is 1.32 bits per heavy atom. The second-order valence-corrected chi connectivity index (χ2v) is 6.37. The normalized spacial score (nSPS) is 18.7. The van der Waals surface area contributed by atoms with E-state index in [0.717, 1.165) is 10.5 Å². The minimum absolute atomic E-state index is 0.0453. The van der Waals surface area contributed by atoms with Crippen LogP contribution < -0.4 is 20.1 Å². The zero-order valence-electron chi connectivity index (χ0n) is 14.2. The minimum atomic E-state index is -0.667. The van der Waals surface area contributed by atoms with E-state index in [2.05, 4.69) is 10.6 Å². The Hall–Kier alpha value is -2.77. The van der Waals surface area contributed by atoms with E-state index in [1.807, 2.05) is 13.8 Å². The first-order valence-corrected chi connectivity index (χ1v) is 8.24. The first-order chi connectivity index (χ1) is 11.9. The highest BCUT2D eigenvalue weighted by Crippen LogP contribution is 2.33. The zero-order valence-corrected chi connectivity index (χ0v) is 14.2. The Morgan fingerprint density at radius 3 is 2.84 bits per heavy atom. The third-order valence-corrected chi connectivity index (χ3v) is 3.99. The number of nitrogens with one attached hydrogen (secondary N) is 2. The lowest BCUT2D eigenvalue weighted by Crippen LogP contribution is -2.34. The maximum absolute atomic E-state index is 12.4. The number of hydrogen-bond donors (Lipinski definition) is 2. The summed E-state index contributed by atoms with van der Waals surface area (Å²) >= 11 is 0. The van der Waals surface area contributed by atoms with Gasteiger partial charge >= 0.3 is 6.03 Å². The highest BCUT2D eigenvalue weighted by atomic mass is 16.7. The number of amides is 4. The second-order valence-electron chi connectivity index (χ2n) is 6.37. The fourth-order valence-electron chi connectivity index (χ4n) is 2.81. The van der Waals surface area contributed by atoms with Crippen LogP contribution in [0, 0.1) is 0 Å². The molecule has 0 bridgehead atoms. The average molecular weight is 347 g/mol. The molecule has 8 nitrogen and oxygen atoms in total. The summed E-state index contributed by atoms with van der Waals surface area (Å²) in [6.45, 7) is 4.05. The SMILES string of the molecule is CC(C)NC(=O)CC[C@H]1NC(=O)N(Cc2ccc3c(c2)OCO3)C1=O. The van der Waals surface area contributed by atoms with Crippen LogP contribution in [-0.4, -0.2) is 41.6 Å². The number of fused-ring (bicyclic) bond motifs is 1. The molecule has 8 heteroatoms. The fraction of sp³-hybridized carbons (Fsp3) is 0.471. The predicted octanol–water partition coefficient (Wildman–Crippen LogP) is 1.14. The number of carbonyl (C=O) groups excluding carboxylic acids is 3. The van der Waals surface area contributed by atoms with Crippen LogP contribution in [0.25, 0.3) is 0 Å². The molecule has 0 aliphatic carbocycles. The monoisotopic (exact) mass is 347 g/mol. The minimum Gasteiger partial charge on any atom is -0.454 e. The molecule has 0 radical (unpaired) electrons. The summed E-state index contributed by atoms with van der Waals surface area (Å²) in [5.41, 5.74) is 0.769. The van der Waals surface area contributed by atoms with Gasteiger partial charge in [-0.25, -0.2) is 4.79 Å². The lowest BCUT2D eigenvalue weighted by molar-refractivity contribution is -0.128. The highest BCUT2D eigenvalue weighted by molar-refractivity contribution is 6.04. The molecule has 1 fully saturated rings. The standard InChI is InChI=1S/C17H21N3O5/c1-10(2)18-15(21)6-4-12-16(22)20(17(23)19-12)8-11-3-5-13-14(7-11)25-9-24-13/h3,5,7,10,12H,4,6,8-9H2,1-2H3,(H,18,21)(H,19,23)/t12-/m1/s1. The van der Waals surface area contributed by atoms with Crippen LogP contribution in [0.3, 0.4) is 0 Å². The number of rotatable bonds is 6. The summed E-state index contributed by atoms with van der Waals surface area (Å²) in [6.07, 6.45) is 0.466. The molecule has 0 unspecified atom stereocenters. The first-order valence-electron chi connectivity index (χ1n) is 8.24. The second kappa shape index (κ2) is 7.00. The van der Waals surface area contributed by atoms with E-state index >= 15 is 0 Å². The van der Waals surface area contributed by atoms with Crippen molar-refractivity contribution in [2.45, 2.75) is 45.3 Å². The molecule has 4 amide bonds. The Morgan fingerprint density at radius 2 is 2.08 bits per heavy atom. The van der Waals surface area contributed by atoms with Gasteiger partial charge in [-0.1, -0.05) is 6.07 Å². The summed E-state index contributed by atoms with van der Waals surface area (Å²) in [5.74, 6) is 0.799. The molecule has 134 valence electrons. The van der Waals surface area contributed by atoms with Crippen molar-refractivity contribution in [3.63, 3.8) is 0 Å². The van der Waals surface area contributed by atoms with Crippen molar-refractivity contribution in [1.29, 1.82) is 0 Å². The molecular weight excluding hydrogens is 326 g/mol. The van der Waals surface area contributed by atoms with Gasteiger partial charge in [-0.2, -0.15) is 0 Å². The summed E-state index contributed by atoms with van der Waals surface area (Å²) in [6, 6.07) is 4.23. The first kappa shape index (κ1) is 17.1. The van der Waals surface area contributed by atoms with Gasteiger partial charge in [-0.15, -0.1) is 0 Å². The van der Waals surface area contributed by atoms with E-state index in [1.54, 1.807) is 18.2 Å². The van der Waals surface area contributed by atoms with E-state index in [4.69, 9.17) is 9.47 Å². The van der Waals surface area contributed by atoms with Gasteiger partial charge in [-0.05, 0) is 38.0 Å². The van der Waals surface area contributed by atoms with Crippen LogP contribution >= 0.6 is 0 Å². The Kier molecular flexibility index (Phi) is 4.78. The van der Waals surface area contributed by atoms with Gasteiger partial charge in [0.2, 0.25) is 12.7 Å². The summed E-state index contributed by atoms with van der Waals surface area (Å²) in [7, 11) is 0. The zero-order chi connectivity index (χ0) is 18.0. The number of carbonyl (C=O) groups is 3. The topological polar surface area (TPSA) is 97.0 Å². The molecule has 2 N–H and O–H groups in total. The molecule has 1 aromatic rings. The van der Waals surface area contributed by atoms with Crippen molar-refractivity contribution in [2.24, 2.45) is 0 Å². The van der Waals surface area contributed by atoms with Crippen LogP contribution in [0.15, 0.2) is 18.2 Å². The van der Waals surface area contributed by atoms with Gasteiger partial charge in [0.15, 0.2) is 11.5 Å². The Balaban J connectivity index is 1.59. The summed E-state index contributed by atoms with van der Waals surface area (Å²) < 4.78 is 10.5. The number of hydrogen-bond acceptors (Lipinski definition) is 5. The Bertz CT molecular complexity index is 704. The Labute approximate surface area is 145 Å². The van der Waals surface area contributed by atoms with Crippen LogP contribution in [0.1, 0.15) is 32.3 Å². The van der Waals surface area contributed by atoms with Gasteiger partial charge in [0.05, 0.1) is 6.54 Å². The quantitative estimate of drug-likeness (QED) is 0.752. The summed E-state index contributed by atoms with van der Waals surface area (Å²) in [5, 5.41) is 5.40. The van der Waals surface area contributed by atoms with Crippen molar-refractivity contribution in [3.8, 4) is 11.5 Å². The molecule has 1 atom stereocenters. The van der Waals surface area contributed by atoms with Crippen molar-refractivity contribution < 1.29 is 23.9 Å². The maximum atomic E-state index is 12.4. The van der Waals surface area contributed by atoms with Crippen LogP contribution in [0.2, 0.25) is 0 Å². The molecule has 1 aromatic carbocycles. The average Bonchev–Trinajstić information content (AvgIpc) is 3.11. The lowest BCUT2D eigenvalue weighted by atomic mass is 10.1. The molecule has 0 saturated carbocycles. The molecule has 0 spiro atoms. The van der Waals surface area contributed by atoms with Crippen molar-refractivity contribution in [3.05, 3.63) is 23.8 Å². The molecule has 25 heavy (non-hydrogen) atoms. The molecule has 0 aromatic heterocycles. The van der Waals surface area contributed by atoms with Gasteiger partial charge in [-0.3, -0.25) is 14.5 Å². The van der Waals surface area contributed by atoms with E-state index in [1.165, 1.54) is 0 Å². The van der Waals surface area contributed by atoms with E-state index in [-0.39, 0.29) is 44.0 Å². The predicted molar refractivity (Wildman–Crippen MR) is 87.9 cm³/mol. The molecule has 2 heterocycles. The maximum Gasteiger partial charge on any atom is 0.325 e. The van der Waals surface area contributed by atoms with Crippen molar-refractivity contribution in [1.82, 2.24) is 15.5 Å². The van der Waals surface area contributed by atoms with Crippen LogP contribution in [-0.2, 0) is 16.1 Å². The molecule has 3 rings (SSSR count). The number of ether oxygens (including phenoxy) is 2. The molecular formula is C17H21N3O5. The van der Waals surface area contributed by atoms with E-state index in [0.29, 0.717) is 11.5 Å². The van der Waals surface area contributed by atoms with Gasteiger partial charge in [0, 0.05) is 12.5 Å². The highest BCUT2D eigenvalue weighted by Gasteiger charge is 2.38. The third kappa shape index (κ3) is 3.84. The number of benzene rings is 1. The van der Waals surface area contributed by atoms with E-state index in [9.17, 15) is 14.4 Å².